The fourth-order valence-corrected chi connectivity index (χ4v) is 5.43. The number of benzene rings is 1. The summed E-state index contributed by atoms with van der Waals surface area (Å²) in [6.07, 6.45) is 5.46. The second-order valence-corrected chi connectivity index (χ2v) is 8.02. The number of thiophene rings is 1. The van der Waals surface area contributed by atoms with Gasteiger partial charge in [-0.05, 0) is 49.1 Å². The molecule has 120 valence electrons. The Morgan fingerprint density at radius 2 is 1.91 bits per heavy atom. The molecule has 1 aromatic heterocycles. The Balaban J connectivity index is 1.59. The fourth-order valence-electron chi connectivity index (χ4n) is 4.19. The van der Waals surface area contributed by atoms with Crippen molar-refractivity contribution in [2.75, 3.05) is 6.79 Å². The highest BCUT2D eigenvalue weighted by atomic mass is 32.1. The molecule has 1 fully saturated rings. The molecule has 0 spiro atoms. The maximum Gasteiger partial charge on any atom is 0.231 e. The van der Waals surface area contributed by atoms with Gasteiger partial charge in [-0.3, -0.25) is 0 Å². The zero-order valence-corrected chi connectivity index (χ0v) is 14.0. The Kier molecular flexibility index (Phi) is 3.17. The minimum absolute atomic E-state index is 0.0313. The molecule has 3 atom stereocenters. The van der Waals surface area contributed by atoms with E-state index in [0.717, 1.165) is 11.5 Å². The molecule has 1 saturated carbocycles. The molecular weight excluding hydrogens is 308 g/mol. The van der Waals surface area contributed by atoms with E-state index in [9.17, 15) is 0 Å². The minimum Gasteiger partial charge on any atom is -0.454 e. The normalized spacial score (nSPS) is 28.3. The van der Waals surface area contributed by atoms with Gasteiger partial charge in [-0.2, -0.15) is 0 Å². The molecule has 2 aromatic rings. The van der Waals surface area contributed by atoms with E-state index in [-0.39, 0.29) is 6.10 Å². The topological polar surface area (TPSA) is 27.7 Å². The van der Waals surface area contributed by atoms with Gasteiger partial charge in [0.1, 0.15) is 6.10 Å². The van der Waals surface area contributed by atoms with E-state index in [1.165, 1.54) is 41.7 Å². The molecule has 0 N–H and O–H groups in total. The van der Waals surface area contributed by atoms with Crippen molar-refractivity contribution in [3.63, 3.8) is 0 Å². The van der Waals surface area contributed by atoms with Crippen LogP contribution in [0.4, 0.5) is 0 Å². The lowest BCUT2D eigenvalue weighted by Gasteiger charge is -2.39. The molecular formula is C19H20O3S. The van der Waals surface area contributed by atoms with Crippen LogP contribution in [0.25, 0.3) is 0 Å². The summed E-state index contributed by atoms with van der Waals surface area (Å²) >= 11 is 1.96. The molecule has 2 aliphatic heterocycles. The third-order valence-electron chi connectivity index (χ3n) is 5.25. The lowest BCUT2D eigenvalue weighted by Crippen LogP contribution is -2.32. The van der Waals surface area contributed by atoms with Crippen molar-refractivity contribution in [1.29, 1.82) is 0 Å². The molecule has 5 rings (SSSR count). The predicted octanol–water partition coefficient (Wildman–Crippen LogP) is 4.93. The van der Waals surface area contributed by atoms with Gasteiger partial charge < -0.3 is 14.2 Å². The highest BCUT2D eigenvalue weighted by molar-refractivity contribution is 7.12. The van der Waals surface area contributed by atoms with Crippen LogP contribution in [0.3, 0.4) is 0 Å². The third kappa shape index (κ3) is 2.19. The van der Waals surface area contributed by atoms with Crippen molar-refractivity contribution in [2.45, 2.75) is 50.7 Å². The summed E-state index contributed by atoms with van der Waals surface area (Å²) in [6, 6.07) is 8.54. The van der Waals surface area contributed by atoms with Crippen molar-refractivity contribution in [3.05, 3.63) is 45.1 Å². The fraction of sp³-hybridized carbons (Fsp3) is 0.474. The highest BCUT2D eigenvalue weighted by Gasteiger charge is 2.39. The van der Waals surface area contributed by atoms with Crippen molar-refractivity contribution < 1.29 is 14.2 Å². The lowest BCUT2D eigenvalue weighted by atomic mass is 9.80. The van der Waals surface area contributed by atoms with Gasteiger partial charge in [-0.1, -0.05) is 18.9 Å². The van der Waals surface area contributed by atoms with Gasteiger partial charge in [0.05, 0.1) is 6.10 Å². The summed E-state index contributed by atoms with van der Waals surface area (Å²) in [7, 11) is 0. The Labute approximate surface area is 140 Å². The van der Waals surface area contributed by atoms with Crippen LogP contribution in [-0.2, 0) is 4.74 Å². The first kappa shape index (κ1) is 13.9. The molecule has 1 aromatic carbocycles. The number of rotatable bonds is 1. The molecule has 0 unspecified atom stereocenters. The molecule has 23 heavy (non-hydrogen) atoms. The van der Waals surface area contributed by atoms with Gasteiger partial charge in [0.15, 0.2) is 11.5 Å². The standard InChI is InChI=1S/C19H20O3S/c1-11-8-14-18(12-6-7-16-17(9-12)21-10-20-16)22-15-5-3-2-4-13(15)19(14)23-11/h6-9,13,15,18H,2-5,10H2,1H3/t13-,15-,18-/m0/s1. The third-order valence-corrected chi connectivity index (χ3v) is 6.44. The quantitative estimate of drug-likeness (QED) is 0.743. The number of hydrogen-bond acceptors (Lipinski definition) is 4. The van der Waals surface area contributed by atoms with E-state index in [1.807, 2.05) is 17.4 Å². The van der Waals surface area contributed by atoms with Crippen LogP contribution in [-0.4, -0.2) is 12.9 Å². The van der Waals surface area contributed by atoms with Crippen LogP contribution < -0.4 is 9.47 Å². The molecule has 3 heterocycles. The molecule has 1 aliphatic carbocycles. The summed E-state index contributed by atoms with van der Waals surface area (Å²) in [5.74, 6) is 2.27. The Morgan fingerprint density at radius 1 is 1.04 bits per heavy atom. The SMILES string of the molecule is Cc1cc2c(s1)[C@H]1CCCC[C@@H]1O[C@H]2c1ccc2c(c1)OCO2. The molecule has 0 bridgehead atoms. The molecule has 0 amide bonds. The average Bonchev–Trinajstić information content (AvgIpc) is 3.19. The van der Waals surface area contributed by atoms with Gasteiger partial charge >= 0.3 is 0 Å². The largest absolute Gasteiger partial charge is 0.454 e. The van der Waals surface area contributed by atoms with Crippen molar-refractivity contribution in [2.24, 2.45) is 0 Å². The van der Waals surface area contributed by atoms with Crippen LogP contribution >= 0.6 is 11.3 Å². The number of ether oxygens (including phenoxy) is 3. The predicted molar refractivity (Wildman–Crippen MR) is 89.5 cm³/mol. The Hall–Kier alpha value is -1.52. The van der Waals surface area contributed by atoms with E-state index in [4.69, 9.17) is 14.2 Å². The van der Waals surface area contributed by atoms with Gasteiger partial charge in [0.2, 0.25) is 6.79 Å². The first-order valence-electron chi connectivity index (χ1n) is 8.45. The zero-order chi connectivity index (χ0) is 15.4. The van der Waals surface area contributed by atoms with Gasteiger partial charge in [0.25, 0.3) is 0 Å². The van der Waals surface area contributed by atoms with Crippen molar-refractivity contribution in [1.82, 2.24) is 0 Å². The Bertz CT molecular complexity index is 751. The molecule has 0 radical (unpaired) electrons. The highest BCUT2D eigenvalue weighted by Crippen LogP contribution is 2.50. The van der Waals surface area contributed by atoms with E-state index in [1.54, 1.807) is 4.88 Å². The van der Waals surface area contributed by atoms with Crippen LogP contribution in [0.1, 0.15) is 58.6 Å². The Morgan fingerprint density at radius 3 is 2.87 bits per heavy atom. The van der Waals surface area contributed by atoms with E-state index >= 15 is 0 Å². The average molecular weight is 328 g/mol. The number of fused-ring (bicyclic) bond motifs is 4. The van der Waals surface area contributed by atoms with Crippen LogP contribution in [0.15, 0.2) is 24.3 Å². The minimum atomic E-state index is 0.0313. The maximum absolute atomic E-state index is 6.59. The monoisotopic (exact) mass is 328 g/mol. The zero-order valence-electron chi connectivity index (χ0n) is 13.2. The van der Waals surface area contributed by atoms with Crippen molar-refractivity contribution in [3.8, 4) is 11.5 Å². The van der Waals surface area contributed by atoms with Crippen LogP contribution in [0.5, 0.6) is 11.5 Å². The maximum atomic E-state index is 6.59. The molecule has 0 saturated heterocycles. The summed E-state index contributed by atoms with van der Waals surface area (Å²) in [5.41, 5.74) is 2.55. The van der Waals surface area contributed by atoms with E-state index in [2.05, 4.69) is 25.1 Å². The first-order valence-corrected chi connectivity index (χ1v) is 9.26. The summed E-state index contributed by atoms with van der Waals surface area (Å²) in [5, 5.41) is 0. The summed E-state index contributed by atoms with van der Waals surface area (Å²) in [6.45, 7) is 2.52. The van der Waals surface area contributed by atoms with E-state index in [0.29, 0.717) is 18.8 Å². The van der Waals surface area contributed by atoms with Gasteiger partial charge in [-0.25, -0.2) is 0 Å². The first-order chi connectivity index (χ1) is 11.3. The lowest BCUT2D eigenvalue weighted by molar-refractivity contribution is -0.0374. The molecule has 3 aliphatic rings. The summed E-state index contributed by atoms with van der Waals surface area (Å²) in [4.78, 5) is 2.94. The number of hydrogen-bond donors (Lipinski definition) is 0. The summed E-state index contributed by atoms with van der Waals surface area (Å²) < 4.78 is 17.6. The van der Waals surface area contributed by atoms with Gasteiger partial charge in [0, 0.05) is 15.7 Å². The molecule has 3 nitrogen and oxygen atoms in total. The second kappa shape index (κ2) is 5.25. The molecule has 4 heteroatoms. The second-order valence-electron chi connectivity index (χ2n) is 6.73. The van der Waals surface area contributed by atoms with Crippen molar-refractivity contribution >= 4 is 11.3 Å². The van der Waals surface area contributed by atoms with Gasteiger partial charge in [-0.15, -0.1) is 11.3 Å². The van der Waals surface area contributed by atoms with E-state index < -0.39 is 0 Å². The van der Waals surface area contributed by atoms with Crippen LogP contribution in [0.2, 0.25) is 0 Å². The number of aryl methyl sites for hydroxylation is 1. The van der Waals surface area contributed by atoms with Crippen LogP contribution in [0, 0.1) is 6.92 Å². The smallest absolute Gasteiger partial charge is 0.231 e.